The quantitative estimate of drug-likeness (QED) is 0.0265. The average Bonchev–Trinajstić information content (AvgIpc) is 0.841. The van der Waals surface area contributed by atoms with E-state index >= 15 is 0 Å². The van der Waals surface area contributed by atoms with Gasteiger partial charge in [-0.25, -0.2) is 0 Å². The molecular formula is C76H104Gd2N10O17. The van der Waals surface area contributed by atoms with Gasteiger partial charge in [0.25, 0.3) is 0 Å². The van der Waals surface area contributed by atoms with Crippen LogP contribution in [-0.2, 0) is 91.5 Å². The van der Waals surface area contributed by atoms with Crippen LogP contribution in [0.2, 0.25) is 0 Å². The molecule has 2 heterocycles. The number of aryl methyl sites for hydroxylation is 3. The van der Waals surface area contributed by atoms with Gasteiger partial charge in [0.2, 0.25) is 0 Å². The minimum atomic E-state index is -1.01. The number of aliphatic hydroxyl groups is 1. The van der Waals surface area contributed by atoms with Gasteiger partial charge in [-0.1, -0.05) is 128 Å². The van der Waals surface area contributed by atoms with Gasteiger partial charge in [-0.2, -0.15) is 0 Å². The zero-order valence-corrected chi connectivity index (χ0v) is 64.3. The number of hydrogen-bond acceptors (Lipinski definition) is 22. The number of carboxylic acid groups (broad SMARTS) is 5. The van der Waals surface area contributed by atoms with Gasteiger partial charge in [-0.3, -0.25) is 82.4 Å². The maximum absolute atomic E-state index is 13.1. The van der Waals surface area contributed by atoms with Crippen molar-refractivity contribution in [3.05, 3.63) is 167 Å². The van der Waals surface area contributed by atoms with Crippen LogP contribution in [0.1, 0.15) is 52.6 Å². The van der Waals surface area contributed by atoms with E-state index in [0.717, 1.165) is 50.6 Å². The van der Waals surface area contributed by atoms with Crippen molar-refractivity contribution < 1.29 is 163 Å². The first-order valence-corrected chi connectivity index (χ1v) is 35.1. The van der Waals surface area contributed by atoms with Crippen LogP contribution in [0.3, 0.4) is 0 Å². The summed E-state index contributed by atoms with van der Waals surface area (Å²) >= 11 is 0. The Balaban J connectivity index is 0.000000437. The van der Waals surface area contributed by atoms with E-state index in [9.17, 15) is 73.8 Å². The number of Topliss-reactive ketones (excluding diaryl/α,β-unsaturated/α-hetero) is 4. The maximum atomic E-state index is 13.1. The second kappa shape index (κ2) is 50.7. The van der Waals surface area contributed by atoms with Gasteiger partial charge < -0.3 is 51.6 Å². The monoisotopic (exact) mass is 1740 g/mol. The minimum absolute atomic E-state index is 0. The maximum Gasteiger partial charge on any atom is 0.317 e. The zero-order valence-electron chi connectivity index (χ0n) is 59.8. The number of nitrogens with zero attached hydrogens (tertiary/aromatic N) is 8. The van der Waals surface area contributed by atoms with Gasteiger partial charge in [0, 0.05) is 197 Å². The second-order valence-corrected chi connectivity index (χ2v) is 26.5. The number of aliphatic hydroxyl groups excluding tert-OH is 1. The first kappa shape index (κ1) is 91.5. The van der Waals surface area contributed by atoms with E-state index < -0.39 is 41.9 Å². The molecule has 0 spiro atoms. The fraction of sp³-hybridized carbons (Fsp3) is 0.487. The summed E-state index contributed by atoms with van der Waals surface area (Å²) in [5.41, 5.74) is 18.1. The molecule has 0 bridgehead atoms. The molecule has 0 saturated carbocycles. The van der Waals surface area contributed by atoms with Crippen molar-refractivity contribution in [3.8, 4) is 0 Å². The van der Waals surface area contributed by atoms with Crippen molar-refractivity contribution in [2.24, 2.45) is 11.5 Å². The summed E-state index contributed by atoms with van der Waals surface area (Å²) in [4.78, 5) is 123. The van der Waals surface area contributed by atoms with Crippen LogP contribution in [0.15, 0.2) is 134 Å². The SMILES string of the molecule is C=C(O)CN1CCN(CC(=O)O)CCN(CC(=O)CCc2ccc(COCC(=O)[C@H](N)CCc3ccccc3)cc2)CCN(CC(=O)O)CC1.N[C@H](Cc1ccc2ccccc2c1)C(=O)COCc1ccc(CCC(=O)CN2CCN(CC(=O)O)CCN(CC(=O)O)CCN(CC(=O)O)CC2)cc1.[Gd].[Gd]. The molecule has 0 amide bonds. The summed E-state index contributed by atoms with van der Waals surface area (Å²) in [6.45, 7) is 9.76. The van der Waals surface area contributed by atoms with E-state index in [2.05, 4.69) is 12.6 Å². The molecule has 2 atom stereocenters. The number of rotatable bonds is 37. The summed E-state index contributed by atoms with van der Waals surface area (Å²) in [6, 6.07) is 38.1. The number of carbonyl (C=O) groups is 9. The molecule has 7 rings (SSSR count). The van der Waals surface area contributed by atoms with Crippen molar-refractivity contribution in [1.82, 2.24) is 39.2 Å². The van der Waals surface area contributed by atoms with E-state index in [1.165, 1.54) is 0 Å². The Morgan fingerprint density at radius 2 is 0.648 bits per heavy atom. The molecule has 2 saturated heterocycles. The third-order valence-corrected chi connectivity index (χ3v) is 18.0. The molecule has 5 aromatic rings. The van der Waals surface area contributed by atoms with E-state index in [1.807, 2.05) is 140 Å². The largest absolute Gasteiger partial charge is 0.512 e. The van der Waals surface area contributed by atoms with Gasteiger partial charge in [0.05, 0.1) is 83.4 Å². The van der Waals surface area contributed by atoms with E-state index in [-0.39, 0.29) is 194 Å². The topological polar surface area (TPSA) is 371 Å². The van der Waals surface area contributed by atoms with Crippen LogP contribution in [0, 0.1) is 79.9 Å². The molecule has 2 aliphatic rings. The number of carboxylic acids is 5. The molecule has 576 valence electrons. The van der Waals surface area contributed by atoms with Gasteiger partial charge in [-0.05, 0) is 76.3 Å². The molecule has 29 heteroatoms. The van der Waals surface area contributed by atoms with Crippen LogP contribution < -0.4 is 11.5 Å². The molecule has 0 aromatic heterocycles. The third-order valence-electron chi connectivity index (χ3n) is 18.0. The number of hydrogen-bond donors (Lipinski definition) is 8. The minimum Gasteiger partial charge on any atom is -0.512 e. The number of nitrogens with two attached hydrogens (primary N) is 2. The Labute approximate surface area is 679 Å². The predicted octanol–water partition coefficient (Wildman–Crippen LogP) is 3.17. The van der Waals surface area contributed by atoms with Crippen LogP contribution >= 0.6 is 0 Å². The number of ketones is 4. The number of ether oxygens (including phenoxy) is 2. The summed E-state index contributed by atoms with van der Waals surface area (Å²) in [5.74, 6) is -5.18. The van der Waals surface area contributed by atoms with Gasteiger partial charge in [-0.15, -0.1) is 0 Å². The van der Waals surface area contributed by atoms with Crippen molar-refractivity contribution in [2.45, 2.75) is 70.2 Å². The van der Waals surface area contributed by atoms with Crippen molar-refractivity contribution >= 4 is 63.8 Å². The first-order valence-electron chi connectivity index (χ1n) is 35.1. The van der Waals surface area contributed by atoms with Crippen LogP contribution in [-0.4, -0.2) is 305 Å². The Morgan fingerprint density at radius 1 is 0.352 bits per heavy atom. The molecule has 10 N–H and O–H groups in total. The van der Waals surface area contributed by atoms with E-state index in [0.29, 0.717) is 137 Å². The molecule has 0 aliphatic carbocycles. The molecule has 2 aliphatic heterocycles. The van der Waals surface area contributed by atoms with Crippen molar-refractivity contribution in [1.29, 1.82) is 0 Å². The van der Waals surface area contributed by atoms with Crippen LogP contribution in [0.25, 0.3) is 10.8 Å². The Morgan fingerprint density at radius 3 is 1.00 bits per heavy atom. The van der Waals surface area contributed by atoms with Crippen LogP contribution in [0.4, 0.5) is 0 Å². The molecular weight excluding hydrogens is 1640 g/mol. The first-order chi connectivity index (χ1) is 49.4. The Bertz CT molecular complexity index is 3460. The summed E-state index contributed by atoms with van der Waals surface area (Å²) < 4.78 is 11.3. The third kappa shape index (κ3) is 38.7. The fourth-order valence-corrected chi connectivity index (χ4v) is 12.1. The summed E-state index contributed by atoms with van der Waals surface area (Å²) in [7, 11) is 0. The zero-order chi connectivity index (χ0) is 74.5. The fourth-order valence-electron chi connectivity index (χ4n) is 12.1. The standard InChI is InChI=1S/C39H51N5O9.C37H53N5O8.2Gd/c40-35(22-31-9-11-32-3-1-2-4-33(32)21-31)36(46)28-53-27-30-7-5-29(6-8-30)10-12-34(45)23-41-13-15-42(24-37(47)48)17-19-44(26-39(51)52)20-18-43(16-14-41)25-38(49)50;1-29(43)23-39-15-19-41(25-36(46)47)21-17-40(18-22-42(20-16-39)26-37(48)49)24-33(44)13-11-31-7-9-32(10-8-31)27-50-28-35(45)34(38)14-12-30-5-3-2-4-6-30;;/h1-9,11,21,35H,10,12-20,22-28,40H2,(H,47,48)(H,49,50)(H,51,52);2-10,34,43H,1,11-28,38H2,(H,46,47)(H,48,49);;/t35-;34-;;/m11../s1. The molecule has 0 unspecified atom stereocenters. The Hall–Kier alpha value is -5.90. The number of benzene rings is 5. The predicted molar refractivity (Wildman–Crippen MR) is 389 cm³/mol. The number of carbonyl (C=O) groups excluding carboxylic acids is 4. The molecule has 0 radical (unpaired) electrons. The second-order valence-electron chi connectivity index (χ2n) is 26.5. The molecule has 27 nitrogen and oxygen atoms in total. The summed E-state index contributed by atoms with van der Waals surface area (Å²) in [5, 5.41) is 59.1. The smallest absolute Gasteiger partial charge is 0.317 e. The van der Waals surface area contributed by atoms with E-state index in [1.54, 1.807) is 14.7 Å². The number of fused-ring (bicyclic) bond motifs is 1. The van der Waals surface area contributed by atoms with Gasteiger partial charge >= 0.3 is 29.8 Å². The van der Waals surface area contributed by atoms with E-state index in [4.69, 9.17) is 20.9 Å². The van der Waals surface area contributed by atoms with Gasteiger partial charge in [0.1, 0.15) is 24.8 Å². The summed E-state index contributed by atoms with van der Waals surface area (Å²) in [6.07, 6.45) is 3.40. The van der Waals surface area contributed by atoms with Crippen molar-refractivity contribution in [3.63, 3.8) is 0 Å². The van der Waals surface area contributed by atoms with Gasteiger partial charge in [0.15, 0.2) is 11.6 Å². The molecule has 105 heavy (non-hydrogen) atoms. The van der Waals surface area contributed by atoms with Crippen LogP contribution in [0.5, 0.6) is 0 Å². The average molecular weight is 1740 g/mol. The molecule has 5 aromatic carbocycles. The number of aliphatic carboxylic acids is 5. The Kier molecular flexibility index (Phi) is 44.2. The molecule has 2 fully saturated rings. The van der Waals surface area contributed by atoms with Crippen molar-refractivity contribution in [2.75, 3.05) is 170 Å². The normalized spacial score (nSPS) is 16.2.